The Balaban J connectivity index is 2.09. The molecule has 18 heavy (non-hydrogen) atoms. The van der Waals surface area contributed by atoms with Gasteiger partial charge in [0.2, 0.25) is 0 Å². The summed E-state index contributed by atoms with van der Waals surface area (Å²) < 4.78 is 5.04. The first-order valence-corrected chi connectivity index (χ1v) is 6.18. The Morgan fingerprint density at radius 3 is 3.00 bits per heavy atom. The molecule has 3 rings (SSSR count). The van der Waals surface area contributed by atoms with Crippen LogP contribution in [0.3, 0.4) is 0 Å². The maximum Gasteiger partial charge on any atom is 0.343 e. The number of hydrogen-bond donors (Lipinski definition) is 1. The third-order valence-corrected chi connectivity index (χ3v) is 3.95. The molecule has 5 heteroatoms. The minimum Gasteiger partial charge on any atom is -0.459 e. The van der Waals surface area contributed by atoms with Gasteiger partial charge < -0.3 is 14.7 Å². The number of hydrogen-bond acceptors (Lipinski definition) is 5. The fourth-order valence-corrected chi connectivity index (χ4v) is 2.80. The number of ether oxygens (including phenoxy) is 1. The van der Waals surface area contributed by atoms with Crippen molar-refractivity contribution in [3.05, 3.63) is 22.9 Å². The summed E-state index contributed by atoms with van der Waals surface area (Å²) in [7, 11) is 0. The fraction of sp³-hybridized carbons (Fsp3) is 0.538. The molecule has 1 fully saturated rings. The summed E-state index contributed by atoms with van der Waals surface area (Å²) in [6.07, 6.45) is 2.44. The van der Waals surface area contributed by atoms with E-state index >= 15 is 0 Å². The molecule has 0 aromatic heterocycles. The van der Waals surface area contributed by atoms with Crippen LogP contribution in [0.5, 0.6) is 0 Å². The molecule has 0 amide bonds. The van der Waals surface area contributed by atoms with Gasteiger partial charge in [0.25, 0.3) is 0 Å². The lowest BCUT2D eigenvalue weighted by molar-refractivity contribution is -0.163. The molecule has 3 heterocycles. The number of esters is 1. The Morgan fingerprint density at radius 1 is 1.50 bits per heavy atom. The molecule has 0 spiro atoms. The van der Waals surface area contributed by atoms with Gasteiger partial charge in [0.05, 0.1) is 5.70 Å². The quantitative estimate of drug-likeness (QED) is 0.670. The Hall–Kier alpha value is -1.62. The monoisotopic (exact) mass is 249 g/mol. The number of cyclic esters (lactones) is 1. The molecule has 3 aliphatic heterocycles. The molecule has 3 aliphatic rings. The highest BCUT2D eigenvalue weighted by molar-refractivity contribution is 5.99. The van der Waals surface area contributed by atoms with Crippen molar-refractivity contribution < 1.29 is 19.4 Å². The summed E-state index contributed by atoms with van der Waals surface area (Å²) in [6, 6.07) is 0. The molecule has 0 saturated carbocycles. The second-order valence-corrected chi connectivity index (χ2v) is 4.93. The number of Topliss-reactive ketones (excluding diaryl/α,β-unsaturated/α-hetero) is 1. The van der Waals surface area contributed by atoms with E-state index in [1.807, 2.05) is 4.90 Å². The lowest BCUT2D eigenvalue weighted by Crippen LogP contribution is -2.48. The van der Waals surface area contributed by atoms with Crippen LogP contribution in [0.1, 0.15) is 19.8 Å². The van der Waals surface area contributed by atoms with E-state index in [2.05, 4.69) is 0 Å². The SMILES string of the molecule is CC[C@@]1(O)C(=O)OCC2=C1C=C1C(=O)CCN1C2. The largest absolute Gasteiger partial charge is 0.459 e. The lowest BCUT2D eigenvalue weighted by Gasteiger charge is -2.37. The highest BCUT2D eigenvalue weighted by Gasteiger charge is 2.46. The second-order valence-electron chi connectivity index (χ2n) is 4.93. The van der Waals surface area contributed by atoms with Crippen molar-refractivity contribution >= 4 is 11.8 Å². The van der Waals surface area contributed by atoms with Crippen LogP contribution in [-0.4, -0.2) is 47.1 Å². The maximum atomic E-state index is 11.7. The van der Waals surface area contributed by atoms with E-state index in [-0.39, 0.29) is 18.8 Å². The molecule has 0 bridgehead atoms. The molecule has 0 unspecified atom stereocenters. The summed E-state index contributed by atoms with van der Waals surface area (Å²) in [5.41, 5.74) is 0.505. The minimum atomic E-state index is -1.59. The standard InChI is InChI=1S/C13H15NO4/c1-2-13(17)9-5-10-11(15)3-4-14(10)6-8(9)7-18-12(13)16/h5,17H,2-4,6-7H2,1H3/t13-/m0/s1. The number of rotatable bonds is 1. The molecule has 1 N–H and O–H groups in total. The average molecular weight is 249 g/mol. The first-order valence-electron chi connectivity index (χ1n) is 6.18. The van der Waals surface area contributed by atoms with Gasteiger partial charge in [-0.1, -0.05) is 6.92 Å². The zero-order chi connectivity index (χ0) is 12.9. The maximum absolute atomic E-state index is 11.7. The van der Waals surface area contributed by atoms with E-state index in [4.69, 9.17) is 4.74 Å². The minimum absolute atomic E-state index is 0.0824. The third-order valence-electron chi connectivity index (χ3n) is 3.95. The van der Waals surface area contributed by atoms with Gasteiger partial charge in [0, 0.05) is 25.1 Å². The van der Waals surface area contributed by atoms with Crippen LogP contribution in [0.25, 0.3) is 0 Å². The van der Waals surface area contributed by atoms with Gasteiger partial charge in [-0.05, 0) is 18.1 Å². The molecule has 0 aromatic carbocycles. The van der Waals surface area contributed by atoms with Crippen molar-refractivity contribution in [1.82, 2.24) is 4.90 Å². The summed E-state index contributed by atoms with van der Waals surface area (Å²) in [4.78, 5) is 25.5. The normalized spacial score (nSPS) is 31.0. The first-order chi connectivity index (χ1) is 8.56. The van der Waals surface area contributed by atoms with Gasteiger partial charge in [0.1, 0.15) is 6.61 Å². The van der Waals surface area contributed by atoms with E-state index < -0.39 is 11.6 Å². The van der Waals surface area contributed by atoms with Crippen LogP contribution in [0.2, 0.25) is 0 Å². The third kappa shape index (κ3) is 1.37. The van der Waals surface area contributed by atoms with Gasteiger partial charge in [-0.25, -0.2) is 4.79 Å². The van der Waals surface area contributed by atoms with Crippen molar-refractivity contribution in [2.75, 3.05) is 19.7 Å². The molecule has 1 saturated heterocycles. The van der Waals surface area contributed by atoms with Crippen molar-refractivity contribution in [2.24, 2.45) is 0 Å². The van der Waals surface area contributed by atoms with Gasteiger partial charge in [-0.3, -0.25) is 4.79 Å². The van der Waals surface area contributed by atoms with Crippen molar-refractivity contribution in [3.8, 4) is 0 Å². The number of allylic oxidation sites excluding steroid dienone is 1. The van der Waals surface area contributed by atoms with E-state index in [1.165, 1.54) is 0 Å². The summed E-state index contributed by atoms with van der Waals surface area (Å²) in [6.45, 7) is 3.23. The van der Waals surface area contributed by atoms with Crippen molar-refractivity contribution in [3.63, 3.8) is 0 Å². The van der Waals surface area contributed by atoms with E-state index in [1.54, 1.807) is 13.0 Å². The average Bonchev–Trinajstić information content (AvgIpc) is 2.74. The van der Waals surface area contributed by atoms with Gasteiger partial charge >= 0.3 is 5.97 Å². The number of ketones is 1. The summed E-state index contributed by atoms with van der Waals surface area (Å²) in [5, 5.41) is 10.4. The van der Waals surface area contributed by atoms with Crippen LogP contribution in [0.4, 0.5) is 0 Å². The predicted octanol–water partition coefficient (Wildman–Crippen LogP) is 0.153. The Bertz CT molecular complexity index is 505. The molecule has 1 atom stereocenters. The summed E-state index contributed by atoms with van der Waals surface area (Å²) >= 11 is 0. The highest BCUT2D eigenvalue weighted by Crippen LogP contribution is 2.37. The van der Waals surface area contributed by atoms with Crippen molar-refractivity contribution in [1.29, 1.82) is 0 Å². The summed E-state index contributed by atoms with van der Waals surface area (Å²) in [5.74, 6) is -0.529. The molecule has 0 radical (unpaired) electrons. The molecule has 96 valence electrons. The number of nitrogens with zero attached hydrogens (tertiary/aromatic N) is 1. The number of aliphatic hydroxyl groups is 1. The second kappa shape index (κ2) is 3.68. The number of carbonyl (C=O) groups is 2. The van der Waals surface area contributed by atoms with E-state index in [0.29, 0.717) is 30.8 Å². The van der Waals surface area contributed by atoms with Crippen LogP contribution in [-0.2, 0) is 14.3 Å². The first kappa shape index (κ1) is 11.5. The zero-order valence-electron chi connectivity index (χ0n) is 10.2. The molecule has 0 aromatic rings. The Morgan fingerprint density at radius 2 is 2.28 bits per heavy atom. The van der Waals surface area contributed by atoms with Crippen LogP contribution in [0.15, 0.2) is 22.9 Å². The molecular weight excluding hydrogens is 234 g/mol. The van der Waals surface area contributed by atoms with Gasteiger partial charge in [-0.15, -0.1) is 0 Å². The highest BCUT2D eigenvalue weighted by atomic mass is 16.6. The lowest BCUT2D eigenvalue weighted by atomic mass is 9.83. The van der Waals surface area contributed by atoms with Crippen molar-refractivity contribution in [2.45, 2.75) is 25.4 Å². The van der Waals surface area contributed by atoms with Crippen LogP contribution in [0, 0.1) is 0 Å². The van der Waals surface area contributed by atoms with Gasteiger partial charge in [0.15, 0.2) is 11.4 Å². The van der Waals surface area contributed by atoms with Crippen LogP contribution >= 0.6 is 0 Å². The molecule has 5 nitrogen and oxygen atoms in total. The van der Waals surface area contributed by atoms with Crippen LogP contribution < -0.4 is 0 Å². The number of carbonyl (C=O) groups excluding carboxylic acids is 2. The number of fused-ring (bicyclic) bond motifs is 1. The predicted molar refractivity (Wildman–Crippen MR) is 62.5 cm³/mol. The topological polar surface area (TPSA) is 66.8 Å². The zero-order valence-corrected chi connectivity index (χ0v) is 10.2. The molecule has 0 aliphatic carbocycles. The Labute approximate surface area is 105 Å². The Kier molecular flexibility index (Phi) is 2.35. The van der Waals surface area contributed by atoms with E-state index in [9.17, 15) is 14.7 Å². The smallest absolute Gasteiger partial charge is 0.343 e. The van der Waals surface area contributed by atoms with E-state index in [0.717, 1.165) is 5.57 Å². The molecular formula is C13H15NO4. The fourth-order valence-electron chi connectivity index (χ4n) is 2.80. The van der Waals surface area contributed by atoms with Gasteiger partial charge in [-0.2, -0.15) is 0 Å².